The Balaban J connectivity index is 0.00000202. The van der Waals surface area contributed by atoms with Crippen molar-refractivity contribution in [3.8, 4) is 11.1 Å². The number of halogens is 1. The average molecular weight is 571 g/mol. The molecule has 0 bridgehead atoms. The van der Waals surface area contributed by atoms with Crippen LogP contribution in [0.3, 0.4) is 0 Å². The Morgan fingerprint density at radius 3 is 2.60 bits per heavy atom. The van der Waals surface area contributed by atoms with Gasteiger partial charge >= 0.3 is 25.0 Å². The minimum Gasteiger partial charge on any atom is -2.00 e. The van der Waals surface area contributed by atoms with Crippen LogP contribution in [-0.2, 0) is 34.5 Å². The van der Waals surface area contributed by atoms with Crippen LogP contribution in [0, 0.1) is 5.82 Å². The van der Waals surface area contributed by atoms with Crippen LogP contribution in [0.15, 0.2) is 30.9 Å². The minimum atomic E-state index is -0.980. The molecule has 0 saturated carbocycles. The summed E-state index contributed by atoms with van der Waals surface area (Å²) in [5, 5.41) is 4.51. The van der Waals surface area contributed by atoms with Gasteiger partial charge in [0.05, 0.1) is 24.3 Å². The Labute approximate surface area is 255 Å². The maximum absolute atomic E-state index is 15.3. The summed E-state index contributed by atoms with van der Waals surface area (Å²) >= 11 is 0. The van der Waals surface area contributed by atoms with E-state index >= 15 is 4.39 Å². The van der Waals surface area contributed by atoms with Crippen molar-refractivity contribution in [3.63, 3.8) is 0 Å². The fourth-order valence-corrected chi connectivity index (χ4v) is 5.89. The van der Waals surface area contributed by atoms with Gasteiger partial charge in [0.15, 0.2) is 0 Å². The van der Waals surface area contributed by atoms with Crippen LogP contribution in [0.2, 0.25) is 0 Å². The predicted octanol–water partition coefficient (Wildman–Crippen LogP) is 1.10. The van der Waals surface area contributed by atoms with E-state index in [1.165, 1.54) is 11.0 Å². The second kappa shape index (κ2) is 12.0. The maximum Gasteiger partial charge on any atom is 1.00 e. The molecule has 1 unspecified atom stereocenters. The van der Waals surface area contributed by atoms with Gasteiger partial charge in [0.25, 0.3) is 5.91 Å². The van der Waals surface area contributed by atoms with Crippen molar-refractivity contribution in [2.45, 2.75) is 77.2 Å². The summed E-state index contributed by atoms with van der Waals surface area (Å²) < 4.78 is 24.7. The number of carbonyl (C=O) groups is 2. The second-order valence-corrected chi connectivity index (χ2v) is 11.7. The number of aromatic nitrogens is 4. The van der Waals surface area contributed by atoms with E-state index in [-0.39, 0.29) is 54.1 Å². The van der Waals surface area contributed by atoms with Crippen molar-refractivity contribution in [2.75, 3.05) is 13.1 Å². The summed E-state index contributed by atoms with van der Waals surface area (Å²) in [6.07, 6.45) is 10.0. The number of hydrogen-bond donors (Lipinski definition) is 0. The maximum atomic E-state index is 15.3. The number of hydrogen-bond acceptors (Lipinski definition) is 6. The largest absolute Gasteiger partial charge is 2.00 e. The van der Waals surface area contributed by atoms with Crippen LogP contribution in [-0.4, -0.2) is 66.1 Å². The molecule has 42 heavy (non-hydrogen) atoms. The molecule has 1 fully saturated rings. The van der Waals surface area contributed by atoms with Gasteiger partial charge < -0.3 is 29.4 Å². The third-order valence-electron chi connectivity index (χ3n) is 7.91. The number of aryl methyl sites for hydroxylation is 1. The topological polar surface area (TPSA) is 131 Å². The zero-order chi connectivity index (χ0) is 28.2. The third-order valence-corrected chi connectivity index (χ3v) is 7.91. The van der Waals surface area contributed by atoms with Crippen LogP contribution in [0.5, 0.6) is 0 Å². The molecular weight excluding hydrogens is 538 g/mol. The van der Waals surface area contributed by atoms with Crippen molar-refractivity contribution >= 4 is 18.3 Å². The van der Waals surface area contributed by atoms with Gasteiger partial charge in [0.1, 0.15) is 11.4 Å². The van der Waals surface area contributed by atoms with Gasteiger partial charge in [-0.15, -0.1) is 0 Å². The van der Waals surface area contributed by atoms with Gasteiger partial charge in [-0.05, 0) is 70.2 Å². The number of nitrogens with zero attached hydrogens (tertiary/aromatic N) is 6. The van der Waals surface area contributed by atoms with Gasteiger partial charge in [-0.1, -0.05) is 0 Å². The van der Waals surface area contributed by atoms with E-state index in [4.69, 9.17) is 4.74 Å². The molecule has 1 aromatic carbocycles. The number of carbonyl (C=O) groups excluding carboxylic acids is 3. The number of imidazole rings is 1. The Bertz CT molecular complexity index is 1490. The molecule has 1 saturated heterocycles. The number of ether oxygens (including phenoxy) is 1. The number of likely N-dealkylation sites (tertiary alicyclic amines) is 1. The summed E-state index contributed by atoms with van der Waals surface area (Å²) in [4.78, 5) is 45.3. The number of fused-ring (bicyclic) bond motifs is 2. The van der Waals surface area contributed by atoms with E-state index in [1.807, 2.05) is 42.5 Å². The molecule has 0 N–H and O–H groups in total. The summed E-state index contributed by atoms with van der Waals surface area (Å²) in [6.45, 7) is 7.47. The van der Waals surface area contributed by atoms with Crippen LogP contribution in [0.25, 0.3) is 11.1 Å². The van der Waals surface area contributed by atoms with Gasteiger partial charge in [-0.25, -0.2) is 20.5 Å². The van der Waals surface area contributed by atoms with E-state index in [9.17, 15) is 14.4 Å². The molecule has 13 heteroatoms. The molecule has 3 aromatic rings. The van der Waals surface area contributed by atoms with Crippen molar-refractivity contribution in [3.05, 3.63) is 59.2 Å². The van der Waals surface area contributed by atoms with Gasteiger partial charge in [0, 0.05) is 54.8 Å². The number of rotatable bonds is 5. The first-order valence-corrected chi connectivity index (χ1v) is 13.7. The minimum absolute atomic E-state index is 0. The van der Waals surface area contributed by atoms with E-state index in [1.54, 1.807) is 23.5 Å². The molecule has 5 heterocycles. The molecule has 0 spiro atoms. The number of amides is 2. The van der Waals surface area contributed by atoms with E-state index < -0.39 is 23.4 Å². The Kier molecular flexibility index (Phi) is 9.02. The van der Waals surface area contributed by atoms with E-state index in [2.05, 4.69) is 10.1 Å². The Morgan fingerprint density at radius 1 is 1.17 bits per heavy atom. The summed E-state index contributed by atoms with van der Waals surface area (Å²) in [5.41, 5.74) is 2.65. The van der Waals surface area contributed by atoms with Crippen molar-refractivity contribution < 1.29 is 47.8 Å². The fourth-order valence-electron chi connectivity index (χ4n) is 5.89. The zero-order valence-electron chi connectivity index (χ0n) is 24.3. The van der Waals surface area contributed by atoms with Gasteiger partial charge in [0.2, 0.25) is 0 Å². The van der Waals surface area contributed by atoms with Crippen LogP contribution in [0.1, 0.15) is 79.4 Å². The van der Waals surface area contributed by atoms with Crippen LogP contribution < -0.4 is 18.9 Å². The molecule has 1 atom stereocenters. The first-order chi connectivity index (χ1) is 19.1. The normalized spacial score (nSPS) is 17.3. The number of piperidine rings is 1. The molecule has 3 aliphatic heterocycles. The predicted molar refractivity (Wildman–Crippen MR) is 143 cm³/mol. The Morgan fingerprint density at radius 2 is 1.90 bits per heavy atom. The molecule has 0 aliphatic carbocycles. The molecule has 2 aromatic heterocycles. The van der Waals surface area contributed by atoms with Crippen molar-refractivity contribution in [1.29, 1.82) is 0 Å². The zero-order valence-corrected chi connectivity index (χ0v) is 24.3. The quantitative estimate of drug-likeness (QED) is 0.334. The SMILES string of the molecule is CC(C)(C)OC(=O)N1CCC(n2cc(-c3cc(F)c4c(c3)C(=O)N(C([C-]=O)c3ncn5c3CCC5)C4)cn2)CC1.[Li+].[O-2]. The summed E-state index contributed by atoms with van der Waals surface area (Å²) in [7, 11) is 0. The standard InChI is InChI=1S/C29H32FN6O4.Li.O/c1-29(2,3)40-28(39)33-9-6-20(7-10-33)36-14-19(13-32-36)18-11-21-22(23(30)12-18)15-35(27(21)38)25(16-37)26-24-5-4-8-34(24)17-31-26;;/h11-14,17,20,25H,4-10,15H2,1-3H3;;/q-1;+1;-2. The second-order valence-electron chi connectivity index (χ2n) is 11.7. The molecule has 6 rings (SSSR count). The molecule has 218 valence electrons. The van der Waals surface area contributed by atoms with E-state index in [0.717, 1.165) is 25.1 Å². The molecule has 3 aliphatic rings. The molecule has 0 radical (unpaired) electrons. The number of benzene rings is 1. The average Bonchev–Trinajstić information content (AvgIpc) is 3.70. The van der Waals surface area contributed by atoms with Crippen molar-refractivity contribution in [2.24, 2.45) is 0 Å². The Hall–Kier alpha value is -3.46. The monoisotopic (exact) mass is 570 g/mol. The molecular formula is C29H32FLiN6O5-2. The first-order valence-electron chi connectivity index (χ1n) is 13.7. The summed E-state index contributed by atoms with van der Waals surface area (Å²) in [6, 6.07) is 2.19. The molecule has 2 amide bonds. The van der Waals surface area contributed by atoms with Gasteiger partial charge in [-0.3, -0.25) is 9.48 Å². The smallest absolute Gasteiger partial charge is 1.00 e. The van der Waals surface area contributed by atoms with Crippen LogP contribution in [0.4, 0.5) is 9.18 Å². The van der Waals surface area contributed by atoms with Crippen molar-refractivity contribution in [1.82, 2.24) is 29.1 Å². The summed E-state index contributed by atoms with van der Waals surface area (Å²) in [5.74, 6) is -0.910. The fraction of sp³-hybridized carbons (Fsp3) is 0.483. The molecule has 11 nitrogen and oxygen atoms in total. The van der Waals surface area contributed by atoms with Crippen LogP contribution >= 0.6 is 0 Å². The third kappa shape index (κ3) is 5.76. The van der Waals surface area contributed by atoms with Gasteiger partial charge in [-0.2, -0.15) is 5.10 Å². The first kappa shape index (κ1) is 31.5. The van der Waals surface area contributed by atoms with E-state index in [0.29, 0.717) is 42.8 Å².